The number of halogens is 3. The lowest BCUT2D eigenvalue weighted by Gasteiger charge is -2.35. The predicted octanol–water partition coefficient (Wildman–Crippen LogP) is 3.96. The standard InChI is InChI=1S/C23H30ClF2N3O2/c24-17-6-3-5-16(12-17)23(31)29-19-7-2-1-4-15(19)13-20(29)22(30)27-18-8-10-28(11-9-18)14-21(25)26/h3,5-6,12,15,18-21H,1-2,4,7-11,13-14H2,(H,27,30). The van der Waals surface area contributed by atoms with Crippen LogP contribution in [0, 0.1) is 5.92 Å². The zero-order valence-corrected chi connectivity index (χ0v) is 18.4. The van der Waals surface area contributed by atoms with Crippen LogP contribution >= 0.6 is 11.6 Å². The van der Waals surface area contributed by atoms with E-state index in [4.69, 9.17) is 11.6 Å². The fourth-order valence-corrected chi connectivity index (χ4v) is 5.70. The third-order valence-electron chi connectivity index (χ3n) is 7.03. The summed E-state index contributed by atoms with van der Waals surface area (Å²) in [6, 6.07) is 6.46. The summed E-state index contributed by atoms with van der Waals surface area (Å²) in [5.41, 5.74) is 0.511. The average molecular weight is 454 g/mol. The first-order chi connectivity index (χ1) is 14.9. The van der Waals surface area contributed by atoms with E-state index >= 15 is 0 Å². The molecule has 2 saturated heterocycles. The summed E-state index contributed by atoms with van der Waals surface area (Å²) >= 11 is 6.10. The smallest absolute Gasteiger partial charge is 0.254 e. The molecule has 31 heavy (non-hydrogen) atoms. The highest BCUT2D eigenvalue weighted by molar-refractivity contribution is 6.31. The zero-order valence-electron chi connectivity index (χ0n) is 17.6. The van der Waals surface area contributed by atoms with Gasteiger partial charge in [-0.1, -0.05) is 30.5 Å². The Bertz CT molecular complexity index is 801. The van der Waals surface area contributed by atoms with Crippen LogP contribution in [0.4, 0.5) is 8.78 Å². The first kappa shape index (κ1) is 22.5. The van der Waals surface area contributed by atoms with Gasteiger partial charge in [0.15, 0.2) is 0 Å². The molecule has 1 N–H and O–H groups in total. The average Bonchev–Trinajstić information content (AvgIpc) is 3.14. The van der Waals surface area contributed by atoms with Gasteiger partial charge in [0, 0.05) is 35.8 Å². The van der Waals surface area contributed by atoms with Crippen molar-refractivity contribution in [1.29, 1.82) is 0 Å². The second-order valence-corrected chi connectivity index (χ2v) is 9.50. The van der Waals surface area contributed by atoms with E-state index in [0.717, 1.165) is 25.7 Å². The second-order valence-electron chi connectivity index (χ2n) is 9.06. The van der Waals surface area contributed by atoms with Crippen LogP contribution in [0.15, 0.2) is 24.3 Å². The third kappa shape index (κ3) is 5.20. The van der Waals surface area contributed by atoms with Gasteiger partial charge >= 0.3 is 0 Å². The molecule has 3 unspecified atom stereocenters. The van der Waals surface area contributed by atoms with Gasteiger partial charge in [-0.3, -0.25) is 14.5 Å². The van der Waals surface area contributed by atoms with Crippen molar-refractivity contribution in [3.05, 3.63) is 34.9 Å². The van der Waals surface area contributed by atoms with Crippen molar-refractivity contribution >= 4 is 23.4 Å². The Balaban J connectivity index is 1.45. The Kier molecular flexibility index (Phi) is 7.12. The molecule has 1 aliphatic carbocycles. The van der Waals surface area contributed by atoms with Crippen LogP contribution in [0.1, 0.15) is 55.3 Å². The highest BCUT2D eigenvalue weighted by atomic mass is 35.5. The molecule has 0 bridgehead atoms. The Labute approximate surface area is 187 Å². The van der Waals surface area contributed by atoms with Crippen molar-refractivity contribution in [2.45, 2.75) is 69.5 Å². The second kappa shape index (κ2) is 9.82. The molecule has 170 valence electrons. The quantitative estimate of drug-likeness (QED) is 0.734. The number of rotatable bonds is 5. The van der Waals surface area contributed by atoms with E-state index in [-0.39, 0.29) is 30.4 Å². The van der Waals surface area contributed by atoms with Gasteiger partial charge in [-0.05, 0) is 56.2 Å². The number of carbonyl (C=O) groups is 2. The van der Waals surface area contributed by atoms with Crippen LogP contribution in [-0.2, 0) is 4.79 Å². The monoisotopic (exact) mass is 453 g/mol. The Morgan fingerprint density at radius 2 is 1.87 bits per heavy atom. The molecule has 2 amide bonds. The maximum atomic E-state index is 13.4. The molecule has 3 aliphatic rings. The summed E-state index contributed by atoms with van der Waals surface area (Å²) in [4.78, 5) is 30.2. The minimum absolute atomic E-state index is 0.0350. The largest absolute Gasteiger partial charge is 0.351 e. The number of nitrogens with one attached hydrogen (secondary N) is 1. The number of piperidine rings is 1. The third-order valence-corrected chi connectivity index (χ3v) is 7.26. The van der Waals surface area contributed by atoms with Crippen LogP contribution in [-0.4, -0.2) is 65.8 Å². The summed E-state index contributed by atoms with van der Waals surface area (Å²) in [5, 5.41) is 3.62. The molecule has 0 spiro atoms. The number of amides is 2. The lowest BCUT2D eigenvalue weighted by Crippen LogP contribution is -2.53. The molecule has 1 aromatic carbocycles. The normalized spacial score (nSPS) is 27.4. The van der Waals surface area contributed by atoms with Crippen LogP contribution < -0.4 is 5.32 Å². The van der Waals surface area contributed by atoms with Crippen LogP contribution in [0.2, 0.25) is 5.02 Å². The molecule has 2 heterocycles. The van der Waals surface area contributed by atoms with Gasteiger partial charge in [0.1, 0.15) is 6.04 Å². The fourth-order valence-electron chi connectivity index (χ4n) is 5.51. The van der Waals surface area contributed by atoms with E-state index in [1.807, 2.05) is 0 Å². The van der Waals surface area contributed by atoms with Crippen molar-refractivity contribution in [3.8, 4) is 0 Å². The first-order valence-corrected chi connectivity index (χ1v) is 11.7. The van der Waals surface area contributed by atoms with Crippen molar-refractivity contribution in [1.82, 2.24) is 15.1 Å². The summed E-state index contributed by atoms with van der Waals surface area (Å²) in [5.74, 6) is 0.0985. The van der Waals surface area contributed by atoms with E-state index in [1.54, 1.807) is 34.1 Å². The molecule has 3 atom stereocenters. The molecule has 0 radical (unpaired) electrons. The van der Waals surface area contributed by atoms with Gasteiger partial charge in [0.25, 0.3) is 12.3 Å². The number of benzene rings is 1. The van der Waals surface area contributed by atoms with Crippen molar-refractivity contribution < 1.29 is 18.4 Å². The summed E-state index contributed by atoms with van der Waals surface area (Å²) in [6.45, 7) is 0.890. The maximum absolute atomic E-state index is 13.4. The van der Waals surface area contributed by atoms with Crippen LogP contribution in [0.5, 0.6) is 0 Å². The molecule has 5 nitrogen and oxygen atoms in total. The summed E-state index contributed by atoms with van der Waals surface area (Å²) in [7, 11) is 0. The minimum atomic E-state index is -2.33. The number of alkyl halides is 2. The van der Waals surface area contributed by atoms with Gasteiger partial charge in [-0.15, -0.1) is 0 Å². The highest BCUT2D eigenvalue weighted by Gasteiger charge is 2.47. The van der Waals surface area contributed by atoms with E-state index in [0.29, 0.717) is 48.9 Å². The number of carbonyl (C=O) groups excluding carboxylic acids is 2. The lowest BCUT2D eigenvalue weighted by molar-refractivity contribution is -0.126. The Morgan fingerprint density at radius 3 is 2.58 bits per heavy atom. The van der Waals surface area contributed by atoms with E-state index < -0.39 is 12.5 Å². The number of fused-ring (bicyclic) bond motifs is 1. The number of nitrogens with zero attached hydrogens (tertiary/aromatic N) is 2. The SMILES string of the molecule is O=C(NC1CCN(CC(F)F)CC1)C1CC2CCCCC2N1C(=O)c1cccc(Cl)c1. The van der Waals surface area contributed by atoms with Gasteiger partial charge in [0.05, 0.1) is 6.54 Å². The molecule has 8 heteroatoms. The lowest BCUT2D eigenvalue weighted by atomic mass is 9.84. The first-order valence-electron chi connectivity index (χ1n) is 11.3. The highest BCUT2D eigenvalue weighted by Crippen LogP contribution is 2.40. The van der Waals surface area contributed by atoms with Crippen molar-refractivity contribution in [3.63, 3.8) is 0 Å². The maximum Gasteiger partial charge on any atom is 0.254 e. The van der Waals surface area contributed by atoms with Crippen LogP contribution in [0.3, 0.4) is 0 Å². The molecule has 4 rings (SSSR count). The summed E-state index contributed by atoms with van der Waals surface area (Å²) < 4.78 is 25.2. The molecular formula is C23H30ClF2N3O2. The minimum Gasteiger partial charge on any atom is -0.351 e. The van der Waals surface area contributed by atoms with Crippen LogP contribution in [0.25, 0.3) is 0 Å². The molecule has 0 aromatic heterocycles. The van der Waals surface area contributed by atoms with Gasteiger partial charge in [-0.2, -0.15) is 0 Å². The van der Waals surface area contributed by atoms with E-state index in [2.05, 4.69) is 5.32 Å². The Morgan fingerprint density at radius 1 is 1.13 bits per heavy atom. The molecule has 3 fully saturated rings. The topological polar surface area (TPSA) is 52.7 Å². The predicted molar refractivity (Wildman–Crippen MR) is 115 cm³/mol. The van der Waals surface area contributed by atoms with E-state index in [1.165, 1.54) is 0 Å². The molecule has 1 aromatic rings. The van der Waals surface area contributed by atoms with Gasteiger partial charge in [0.2, 0.25) is 5.91 Å². The van der Waals surface area contributed by atoms with Gasteiger partial charge < -0.3 is 10.2 Å². The number of hydrogen-bond acceptors (Lipinski definition) is 3. The van der Waals surface area contributed by atoms with Gasteiger partial charge in [-0.25, -0.2) is 8.78 Å². The fraction of sp³-hybridized carbons (Fsp3) is 0.652. The number of likely N-dealkylation sites (tertiary alicyclic amines) is 2. The van der Waals surface area contributed by atoms with Crippen molar-refractivity contribution in [2.75, 3.05) is 19.6 Å². The number of hydrogen-bond donors (Lipinski definition) is 1. The zero-order chi connectivity index (χ0) is 22.0. The molecule has 1 saturated carbocycles. The van der Waals surface area contributed by atoms with Crippen molar-refractivity contribution in [2.24, 2.45) is 5.92 Å². The Hall–Kier alpha value is -1.73. The molecular weight excluding hydrogens is 424 g/mol. The molecule has 2 aliphatic heterocycles. The summed E-state index contributed by atoms with van der Waals surface area (Å²) in [6.07, 6.45) is 3.83. The van der Waals surface area contributed by atoms with E-state index in [9.17, 15) is 18.4 Å².